The molecule has 0 atom stereocenters. The highest BCUT2D eigenvalue weighted by atomic mass is 16.5. The first-order valence-corrected chi connectivity index (χ1v) is 8.81. The average Bonchev–Trinajstić information content (AvgIpc) is 2.70. The molecule has 0 saturated heterocycles. The fraction of sp³-hybridized carbons (Fsp3) is 0.167. The first kappa shape index (κ1) is 20.1. The van der Waals surface area contributed by atoms with Crippen LogP contribution in [-0.4, -0.2) is 28.3 Å². The van der Waals surface area contributed by atoms with E-state index in [-0.39, 0.29) is 0 Å². The molecule has 2 rings (SSSR count). The SMILES string of the molecule is COc1ccc(OC)c(/C=C/C=C/C=C/C=C/c2ccc(N(C)C)cc2)c1. The molecule has 0 fully saturated rings. The van der Waals surface area contributed by atoms with Crippen molar-refractivity contribution >= 4 is 17.8 Å². The number of benzene rings is 2. The van der Waals surface area contributed by atoms with Gasteiger partial charge in [0.1, 0.15) is 11.5 Å². The molecule has 0 spiro atoms. The normalized spacial score (nSPS) is 11.9. The van der Waals surface area contributed by atoms with Crippen molar-refractivity contribution in [2.24, 2.45) is 0 Å². The van der Waals surface area contributed by atoms with Crippen LogP contribution in [0.3, 0.4) is 0 Å². The lowest BCUT2D eigenvalue weighted by Gasteiger charge is -2.11. The van der Waals surface area contributed by atoms with Crippen molar-refractivity contribution in [2.75, 3.05) is 33.2 Å². The third kappa shape index (κ3) is 6.55. The van der Waals surface area contributed by atoms with Gasteiger partial charge in [-0.25, -0.2) is 0 Å². The lowest BCUT2D eigenvalue weighted by Crippen LogP contribution is -2.07. The van der Waals surface area contributed by atoms with Gasteiger partial charge in [0.05, 0.1) is 14.2 Å². The smallest absolute Gasteiger partial charge is 0.126 e. The van der Waals surface area contributed by atoms with Crippen LogP contribution in [0.5, 0.6) is 11.5 Å². The molecule has 0 aliphatic carbocycles. The van der Waals surface area contributed by atoms with Crippen LogP contribution in [0.25, 0.3) is 12.2 Å². The summed E-state index contributed by atoms with van der Waals surface area (Å²) >= 11 is 0. The van der Waals surface area contributed by atoms with E-state index >= 15 is 0 Å². The molecular weight excluding hydrogens is 334 g/mol. The zero-order valence-electron chi connectivity index (χ0n) is 16.4. The zero-order valence-corrected chi connectivity index (χ0v) is 16.4. The van der Waals surface area contributed by atoms with Crippen molar-refractivity contribution in [3.05, 3.63) is 90.0 Å². The maximum Gasteiger partial charge on any atom is 0.126 e. The van der Waals surface area contributed by atoms with Gasteiger partial charge >= 0.3 is 0 Å². The largest absolute Gasteiger partial charge is 0.497 e. The van der Waals surface area contributed by atoms with Gasteiger partial charge in [-0.15, -0.1) is 0 Å². The standard InChI is InChI=1S/C24H27NO2/c1-25(2)22-15-13-20(14-16-22)11-9-7-5-6-8-10-12-21-19-23(26-3)17-18-24(21)27-4/h5-19H,1-4H3/b7-5+,8-6+,11-9+,12-10+. The summed E-state index contributed by atoms with van der Waals surface area (Å²) in [7, 11) is 7.40. The maximum absolute atomic E-state index is 5.36. The van der Waals surface area contributed by atoms with E-state index in [9.17, 15) is 0 Å². The predicted octanol–water partition coefficient (Wildman–Crippen LogP) is 5.61. The first-order valence-electron chi connectivity index (χ1n) is 8.81. The number of nitrogens with zero attached hydrogens (tertiary/aromatic N) is 1. The Labute approximate surface area is 162 Å². The van der Waals surface area contributed by atoms with Gasteiger partial charge in [0.25, 0.3) is 0 Å². The van der Waals surface area contributed by atoms with Gasteiger partial charge in [-0.3, -0.25) is 0 Å². The van der Waals surface area contributed by atoms with E-state index in [0.29, 0.717) is 0 Å². The van der Waals surface area contributed by atoms with Crippen molar-refractivity contribution in [2.45, 2.75) is 0 Å². The number of hydrogen-bond donors (Lipinski definition) is 0. The number of ether oxygens (including phenoxy) is 2. The minimum absolute atomic E-state index is 0.808. The van der Waals surface area contributed by atoms with E-state index < -0.39 is 0 Å². The van der Waals surface area contributed by atoms with Crippen LogP contribution in [0.2, 0.25) is 0 Å². The van der Waals surface area contributed by atoms with Gasteiger partial charge in [-0.1, -0.05) is 60.7 Å². The summed E-state index contributed by atoms with van der Waals surface area (Å²) in [6.07, 6.45) is 16.1. The maximum atomic E-state index is 5.36. The number of methoxy groups -OCH3 is 2. The van der Waals surface area contributed by atoms with Crippen molar-refractivity contribution in [1.82, 2.24) is 0 Å². The summed E-state index contributed by atoms with van der Waals surface area (Å²) in [4.78, 5) is 2.09. The van der Waals surface area contributed by atoms with Gasteiger partial charge in [-0.2, -0.15) is 0 Å². The second kappa shape index (κ2) is 10.7. The molecule has 27 heavy (non-hydrogen) atoms. The van der Waals surface area contributed by atoms with Crippen LogP contribution in [0.15, 0.2) is 78.9 Å². The van der Waals surface area contributed by atoms with Gasteiger partial charge in [0.2, 0.25) is 0 Å². The van der Waals surface area contributed by atoms with Crippen molar-refractivity contribution in [3.8, 4) is 11.5 Å². The molecule has 0 radical (unpaired) electrons. The second-order valence-corrected chi connectivity index (χ2v) is 6.08. The topological polar surface area (TPSA) is 21.7 Å². The predicted molar refractivity (Wildman–Crippen MR) is 117 cm³/mol. The molecule has 0 bridgehead atoms. The minimum Gasteiger partial charge on any atom is -0.497 e. The van der Waals surface area contributed by atoms with Gasteiger partial charge < -0.3 is 14.4 Å². The van der Waals surface area contributed by atoms with E-state index in [0.717, 1.165) is 17.1 Å². The highest BCUT2D eigenvalue weighted by molar-refractivity contribution is 5.61. The number of hydrogen-bond acceptors (Lipinski definition) is 3. The molecule has 0 amide bonds. The summed E-state index contributed by atoms with van der Waals surface area (Å²) in [6.45, 7) is 0. The average molecular weight is 361 g/mol. The molecule has 0 N–H and O–H groups in total. The summed E-state index contributed by atoms with van der Waals surface area (Å²) in [5, 5.41) is 0. The lowest BCUT2D eigenvalue weighted by atomic mass is 10.1. The molecule has 0 aliphatic heterocycles. The van der Waals surface area contributed by atoms with Gasteiger partial charge in [-0.05, 0) is 35.9 Å². The number of allylic oxidation sites excluding steroid dienone is 6. The molecular formula is C24H27NO2. The molecule has 140 valence electrons. The summed E-state index contributed by atoms with van der Waals surface area (Å²) < 4.78 is 10.6. The van der Waals surface area contributed by atoms with Crippen LogP contribution in [0.4, 0.5) is 5.69 Å². The fourth-order valence-corrected chi connectivity index (χ4v) is 2.44. The highest BCUT2D eigenvalue weighted by Gasteiger charge is 2.00. The molecule has 3 nitrogen and oxygen atoms in total. The van der Waals surface area contributed by atoms with Crippen molar-refractivity contribution in [1.29, 1.82) is 0 Å². The monoisotopic (exact) mass is 361 g/mol. The van der Waals surface area contributed by atoms with Crippen LogP contribution < -0.4 is 14.4 Å². The van der Waals surface area contributed by atoms with Crippen LogP contribution in [0, 0.1) is 0 Å². The third-order valence-corrected chi connectivity index (χ3v) is 3.97. The van der Waals surface area contributed by atoms with E-state index in [1.807, 2.05) is 74.8 Å². The molecule has 3 heteroatoms. The highest BCUT2D eigenvalue weighted by Crippen LogP contribution is 2.25. The lowest BCUT2D eigenvalue weighted by molar-refractivity contribution is 0.402. The van der Waals surface area contributed by atoms with Gasteiger partial charge in [0.15, 0.2) is 0 Å². The summed E-state index contributed by atoms with van der Waals surface area (Å²) in [5.41, 5.74) is 3.36. The molecule has 0 aromatic heterocycles. The Hall–Kier alpha value is -3.20. The number of rotatable bonds is 8. The van der Waals surface area contributed by atoms with E-state index in [1.165, 1.54) is 11.3 Å². The Morgan fingerprint density at radius 1 is 0.704 bits per heavy atom. The molecule has 2 aromatic carbocycles. The molecule has 2 aromatic rings. The van der Waals surface area contributed by atoms with E-state index in [1.54, 1.807) is 14.2 Å². The summed E-state index contributed by atoms with van der Waals surface area (Å²) in [5.74, 6) is 1.63. The van der Waals surface area contributed by atoms with Crippen molar-refractivity contribution in [3.63, 3.8) is 0 Å². The van der Waals surface area contributed by atoms with Crippen LogP contribution >= 0.6 is 0 Å². The fourth-order valence-electron chi connectivity index (χ4n) is 2.44. The van der Waals surface area contributed by atoms with Crippen LogP contribution in [0.1, 0.15) is 11.1 Å². The van der Waals surface area contributed by atoms with Crippen LogP contribution in [-0.2, 0) is 0 Å². The summed E-state index contributed by atoms with van der Waals surface area (Å²) in [6, 6.07) is 14.2. The van der Waals surface area contributed by atoms with Gasteiger partial charge in [0, 0.05) is 25.3 Å². The Kier molecular flexibility index (Phi) is 7.98. The number of anilines is 1. The molecule has 0 saturated carbocycles. The molecule has 0 aliphatic rings. The Morgan fingerprint density at radius 3 is 1.93 bits per heavy atom. The molecule has 0 heterocycles. The minimum atomic E-state index is 0.808. The first-order chi connectivity index (χ1) is 13.1. The zero-order chi connectivity index (χ0) is 19.5. The van der Waals surface area contributed by atoms with Crippen molar-refractivity contribution < 1.29 is 9.47 Å². The van der Waals surface area contributed by atoms with E-state index in [2.05, 4.69) is 35.2 Å². The quantitative estimate of drug-likeness (QED) is 0.571. The third-order valence-electron chi connectivity index (χ3n) is 3.97. The second-order valence-electron chi connectivity index (χ2n) is 6.08. The Bertz CT molecular complexity index is 828. The Balaban J connectivity index is 1.89. The van der Waals surface area contributed by atoms with E-state index in [4.69, 9.17) is 9.47 Å². The molecule has 0 unspecified atom stereocenters. The Morgan fingerprint density at radius 2 is 1.33 bits per heavy atom.